The highest BCUT2D eigenvalue weighted by Crippen LogP contribution is 2.35. The van der Waals surface area contributed by atoms with Crippen molar-refractivity contribution in [1.29, 1.82) is 0 Å². The predicted octanol–water partition coefficient (Wildman–Crippen LogP) is 4.99. The Morgan fingerprint density at radius 1 is 1.14 bits per heavy atom. The number of nitrogens with one attached hydrogen (secondary N) is 1. The van der Waals surface area contributed by atoms with E-state index in [0.717, 1.165) is 4.70 Å². The molecular weight excluding hydrogens is 334 g/mol. The zero-order chi connectivity index (χ0) is 15.0. The van der Waals surface area contributed by atoms with Crippen molar-refractivity contribution in [1.82, 2.24) is 4.98 Å². The first-order chi connectivity index (χ1) is 10.0. The molecule has 0 radical (unpaired) electrons. The first kappa shape index (κ1) is 14.3. The molecule has 0 saturated heterocycles. The van der Waals surface area contributed by atoms with Gasteiger partial charge in [0.2, 0.25) is 0 Å². The molecule has 0 aliphatic rings. The van der Waals surface area contributed by atoms with Gasteiger partial charge in [0.15, 0.2) is 5.13 Å². The van der Waals surface area contributed by atoms with E-state index >= 15 is 0 Å². The Morgan fingerprint density at radius 3 is 2.57 bits per heavy atom. The fourth-order valence-corrected chi connectivity index (χ4v) is 3.05. The van der Waals surface area contributed by atoms with Gasteiger partial charge in [-0.2, -0.15) is 0 Å². The van der Waals surface area contributed by atoms with E-state index in [1.54, 1.807) is 12.1 Å². The summed E-state index contributed by atoms with van der Waals surface area (Å²) < 4.78 is 13.6. The van der Waals surface area contributed by atoms with Crippen molar-refractivity contribution in [2.45, 2.75) is 0 Å². The molecule has 3 rings (SSSR count). The number of nitrogens with zero attached hydrogens (tertiary/aromatic N) is 1. The number of anilines is 1. The minimum atomic E-state index is -0.395. The van der Waals surface area contributed by atoms with Crippen LogP contribution in [0, 0.1) is 5.82 Å². The molecule has 0 spiro atoms. The topological polar surface area (TPSA) is 42.0 Å². The van der Waals surface area contributed by atoms with Crippen molar-refractivity contribution in [3.05, 3.63) is 57.8 Å². The van der Waals surface area contributed by atoms with Crippen LogP contribution in [-0.2, 0) is 0 Å². The van der Waals surface area contributed by atoms with Gasteiger partial charge < -0.3 is 0 Å². The summed E-state index contributed by atoms with van der Waals surface area (Å²) in [4.78, 5) is 16.3. The minimum Gasteiger partial charge on any atom is -0.298 e. The molecular formula is C14H7Cl2FN2OS. The summed E-state index contributed by atoms with van der Waals surface area (Å²) in [7, 11) is 0. The molecule has 0 aliphatic carbocycles. The van der Waals surface area contributed by atoms with Crippen LogP contribution in [-0.4, -0.2) is 10.9 Å². The molecule has 1 heterocycles. The zero-order valence-corrected chi connectivity index (χ0v) is 12.7. The van der Waals surface area contributed by atoms with Gasteiger partial charge in [0.05, 0.1) is 14.7 Å². The van der Waals surface area contributed by atoms with E-state index in [0.29, 0.717) is 26.3 Å². The third-order valence-electron chi connectivity index (χ3n) is 2.78. The number of amides is 1. The monoisotopic (exact) mass is 340 g/mol. The van der Waals surface area contributed by atoms with Gasteiger partial charge in [-0.3, -0.25) is 10.1 Å². The van der Waals surface area contributed by atoms with Crippen LogP contribution in [0.1, 0.15) is 10.4 Å². The van der Waals surface area contributed by atoms with Crippen LogP contribution in [0.4, 0.5) is 9.52 Å². The summed E-state index contributed by atoms with van der Waals surface area (Å²) in [6.07, 6.45) is 0. The summed E-state index contributed by atoms with van der Waals surface area (Å²) in [6.45, 7) is 0. The zero-order valence-electron chi connectivity index (χ0n) is 10.4. The van der Waals surface area contributed by atoms with Crippen molar-refractivity contribution in [2.75, 3.05) is 5.32 Å². The average molecular weight is 341 g/mol. The van der Waals surface area contributed by atoms with E-state index in [2.05, 4.69) is 10.3 Å². The number of halogens is 3. The average Bonchev–Trinajstić information content (AvgIpc) is 2.87. The molecule has 0 bridgehead atoms. The lowest BCUT2D eigenvalue weighted by Crippen LogP contribution is -2.11. The number of hydrogen-bond donors (Lipinski definition) is 1. The molecule has 3 nitrogen and oxygen atoms in total. The Kier molecular flexibility index (Phi) is 3.80. The van der Waals surface area contributed by atoms with Crippen molar-refractivity contribution in [3.8, 4) is 0 Å². The summed E-state index contributed by atoms with van der Waals surface area (Å²) >= 11 is 13.3. The Hall–Kier alpha value is -1.69. The molecule has 21 heavy (non-hydrogen) atoms. The highest BCUT2D eigenvalue weighted by Gasteiger charge is 2.13. The molecule has 7 heteroatoms. The Morgan fingerprint density at radius 2 is 1.86 bits per heavy atom. The largest absolute Gasteiger partial charge is 0.298 e. The fourth-order valence-electron chi connectivity index (χ4n) is 1.76. The number of fused-ring (bicyclic) bond motifs is 1. The second kappa shape index (κ2) is 5.60. The molecule has 1 aromatic heterocycles. The van der Waals surface area contributed by atoms with Gasteiger partial charge in [-0.05, 0) is 36.4 Å². The summed E-state index contributed by atoms with van der Waals surface area (Å²) in [5.41, 5.74) is 0.892. The number of carbonyl (C=O) groups is 1. The van der Waals surface area contributed by atoms with Crippen LogP contribution >= 0.6 is 34.5 Å². The second-order valence-electron chi connectivity index (χ2n) is 4.19. The lowest BCUT2D eigenvalue weighted by Gasteiger charge is -2.00. The lowest BCUT2D eigenvalue weighted by molar-refractivity contribution is 0.102. The number of rotatable bonds is 2. The molecule has 0 saturated carbocycles. The SMILES string of the molecule is O=C(Nc1nc2c(Cl)c(Cl)ccc2s1)c1ccc(F)cc1. The Labute approximate surface area is 133 Å². The number of benzene rings is 2. The van der Waals surface area contributed by atoms with Crippen molar-refractivity contribution < 1.29 is 9.18 Å². The predicted molar refractivity (Wildman–Crippen MR) is 84.0 cm³/mol. The quantitative estimate of drug-likeness (QED) is 0.713. The van der Waals surface area contributed by atoms with Gasteiger partial charge in [0.25, 0.3) is 5.91 Å². The van der Waals surface area contributed by atoms with Crippen molar-refractivity contribution in [2.24, 2.45) is 0 Å². The summed E-state index contributed by atoms with van der Waals surface area (Å²) in [5, 5.41) is 3.83. The van der Waals surface area contributed by atoms with Crippen molar-refractivity contribution in [3.63, 3.8) is 0 Å². The van der Waals surface area contributed by atoms with Gasteiger partial charge in [-0.25, -0.2) is 9.37 Å². The van der Waals surface area contributed by atoms with Crippen LogP contribution in [0.3, 0.4) is 0 Å². The van der Waals surface area contributed by atoms with Crippen LogP contribution < -0.4 is 5.32 Å². The van der Waals surface area contributed by atoms with E-state index in [-0.39, 0.29) is 5.91 Å². The van der Waals surface area contributed by atoms with Crippen LogP contribution in [0.2, 0.25) is 10.0 Å². The third kappa shape index (κ3) is 2.85. The van der Waals surface area contributed by atoms with Gasteiger partial charge in [-0.15, -0.1) is 0 Å². The summed E-state index contributed by atoms with van der Waals surface area (Å²) in [6, 6.07) is 8.72. The van der Waals surface area contributed by atoms with Gasteiger partial charge in [0.1, 0.15) is 11.3 Å². The molecule has 3 aromatic rings. The van der Waals surface area contributed by atoms with Crippen LogP contribution in [0.25, 0.3) is 10.2 Å². The van der Waals surface area contributed by atoms with E-state index in [1.807, 2.05) is 0 Å². The Balaban J connectivity index is 1.89. The molecule has 1 amide bonds. The maximum atomic E-state index is 12.8. The van der Waals surface area contributed by atoms with Crippen LogP contribution in [0.15, 0.2) is 36.4 Å². The maximum absolute atomic E-state index is 12.8. The number of thiazole rings is 1. The fraction of sp³-hybridized carbons (Fsp3) is 0. The lowest BCUT2D eigenvalue weighted by atomic mass is 10.2. The normalized spacial score (nSPS) is 10.8. The smallest absolute Gasteiger partial charge is 0.257 e. The maximum Gasteiger partial charge on any atom is 0.257 e. The molecule has 2 aromatic carbocycles. The first-order valence-electron chi connectivity index (χ1n) is 5.86. The number of hydrogen-bond acceptors (Lipinski definition) is 3. The van der Waals surface area contributed by atoms with E-state index in [1.165, 1.54) is 35.6 Å². The van der Waals surface area contributed by atoms with Gasteiger partial charge >= 0.3 is 0 Å². The third-order valence-corrected chi connectivity index (χ3v) is 4.51. The van der Waals surface area contributed by atoms with E-state index in [9.17, 15) is 9.18 Å². The van der Waals surface area contributed by atoms with Gasteiger partial charge in [-0.1, -0.05) is 34.5 Å². The molecule has 0 unspecified atom stereocenters. The molecule has 106 valence electrons. The van der Waals surface area contributed by atoms with Gasteiger partial charge in [0, 0.05) is 5.56 Å². The Bertz CT molecular complexity index is 833. The molecule has 0 atom stereocenters. The second-order valence-corrected chi connectivity index (χ2v) is 6.00. The summed E-state index contributed by atoms with van der Waals surface area (Å²) in [5.74, 6) is -0.760. The standard InChI is InChI=1S/C14H7Cl2FN2OS/c15-9-5-6-10-12(11(9)16)18-14(21-10)19-13(20)7-1-3-8(17)4-2-7/h1-6H,(H,18,19,20). The van der Waals surface area contributed by atoms with Crippen LogP contribution in [0.5, 0.6) is 0 Å². The highest BCUT2D eigenvalue weighted by atomic mass is 35.5. The minimum absolute atomic E-state index is 0.347. The van der Waals surface area contributed by atoms with E-state index in [4.69, 9.17) is 23.2 Å². The molecule has 0 aliphatic heterocycles. The number of aromatic nitrogens is 1. The highest BCUT2D eigenvalue weighted by molar-refractivity contribution is 7.22. The van der Waals surface area contributed by atoms with E-state index < -0.39 is 5.82 Å². The molecule has 0 fully saturated rings. The van der Waals surface area contributed by atoms with Crippen molar-refractivity contribution >= 4 is 55.8 Å². The first-order valence-corrected chi connectivity index (χ1v) is 7.43. The number of carbonyl (C=O) groups excluding carboxylic acids is 1. The molecule has 1 N–H and O–H groups in total.